The molecule has 2 aromatic carbocycles. The monoisotopic (exact) mass is 566 g/mol. The molecular formula is C24H25BrF6N2O2. The first kappa shape index (κ1) is 27.3. The fraction of sp³-hybridized carbons (Fsp3) is 0.458. The molecule has 0 saturated carbocycles. The van der Waals surface area contributed by atoms with Gasteiger partial charge in [-0.25, -0.2) is 4.79 Å². The topological polar surface area (TPSA) is 41.6 Å². The summed E-state index contributed by atoms with van der Waals surface area (Å²) in [5.41, 5.74) is -2.31. The van der Waals surface area contributed by atoms with Crippen LogP contribution in [0.1, 0.15) is 61.9 Å². The zero-order valence-corrected chi connectivity index (χ0v) is 20.9. The van der Waals surface area contributed by atoms with E-state index in [4.69, 9.17) is 4.74 Å². The Morgan fingerprint density at radius 3 is 2.17 bits per heavy atom. The Labute approximate surface area is 207 Å². The van der Waals surface area contributed by atoms with E-state index in [1.165, 1.54) is 4.90 Å². The summed E-state index contributed by atoms with van der Waals surface area (Å²) in [6, 6.07) is 6.41. The van der Waals surface area contributed by atoms with Crippen LogP contribution >= 0.6 is 15.9 Å². The van der Waals surface area contributed by atoms with Gasteiger partial charge in [-0.1, -0.05) is 22.0 Å². The molecule has 0 fully saturated rings. The first-order valence-corrected chi connectivity index (χ1v) is 11.7. The zero-order valence-electron chi connectivity index (χ0n) is 19.3. The maximum absolute atomic E-state index is 13.2. The number of hydrogen-bond acceptors (Lipinski definition) is 3. The molecule has 0 spiro atoms. The van der Waals surface area contributed by atoms with E-state index >= 15 is 0 Å². The van der Waals surface area contributed by atoms with Gasteiger partial charge in [0.1, 0.15) is 5.60 Å². The Hall–Kier alpha value is -2.27. The molecule has 1 aliphatic heterocycles. The number of carbonyl (C=O) groups is 1. The molecule has 2 aromatic rings. The number of fused-ring (bicyclic) bond motifs is 1. The summed E-state index contributed by atoms with van der Waals surface area (Å²) in [6.45, 7) is 5.37. The molecule has 0 radical (unpaired) electrons. The molecule has 35 heavy (non-hydrogen) atoms. The first-order chi connectivity index (χ1) is 16.0. The summed E-state index contributed by atoms with van der Waals surface area (Å²) in [4.78, 5) is 14.3. The predicted octanol–water partition coefficient (Wildman–Crippen LogP) is 7.85. The van der Waals surface area contributed by atoms with Crippen molar-refractivity contribution >= 4 is 27.7 Å². The lowest BCUT2D eigenvalue weighted by molar-refractivity contribution is -0.143. The van der Waals surface area contributed by atoms with E-state index < -0.39 is 41.2 Å². The average Bonchev–Trinajstić information content (AvgIpc) is 2.88. The number of alkyl halides is 6. The number of carbonyl (C=O) groups excluding carboxylic acids is 1. The highest BCUT2D eigenvalue weighted by Gasteiger charge is 2.37. The third-order valence-corrected chi connectivity index (χ3v) is 5.84. The molecule has 11 heteroatoms. The van der Waals surface area contributed by atoms with Gasteiger partial charge in [-0.15, -0.1) is 0 Å². The highest BCUT2D eigenvalue weighted by atomic mass is 79.9. The van der Waals surface area contributed by atoms with Crippen molar-refractivity contribution in [1.29, 1.82) is 0 Å². The van der Waals surface area contributed by atoms with Crippen molar-refractivity contribution in [2.24, 2.45) is 0 Å². The maximum atomic E-state index is 13.2. The predicted molar refractivity (Wildman–Crippen MR) is 123 cm³/mol. The third-order valence-electron chi connectivity index (χ3n) is 5.35. The van der Waals surface area contributed by atoms with E-state index in [-0.39, 0.29) is 18.2 Å². The fourth-order valence-electron chi connectivity index (χ4n) is 3.86. The molecule has 1 amide bonds. The molecule has 4 nitrogen and oxygen atoms in total. The quantitative estimate of drug-likeness (QED) is 0.384. The number of nitrogens with one attached hydrogen (secondary N) is 1. The number of anilines is 1. The Morgan fingerprint density at radius 2 is 1.63 bits per heavy atom. The first-order valence-electron chi connectivity index (χ1n) is 10.9. The normalized spacial score (nSPS) is 17.1. The van der Waals surface area contributed by atoms with Crippen LogP contribution in [-0.2, 0) is 23.6 Å². The number of nitrogens with zero attached hydrogens (tertiary/aromatic N) is 1. The molecule has 0 aromatic heterocycles. The lowest BCUT2D eigenvalue weighted by Crippen LogP contribution is -2.37. The molecule has 1 aliphatic rings. The molecule has 0 bridgehead atoms. The second kappa shape index (κ2) is 10.0. The maximum Gasteiger partial charge on any atom is 0.416 e. The summed E-state index contributed by atoms with van der Waals surface area (Å²) in [5, 5.41) is 3.09. The Kier molecular flexibility index (Phi) is 7.81. The smallest absolute Gasteiger partial charge is 0.416 e. The molecule has 3 rings (SSSR count). The van der Waals surface area contributed by atoms with Crippen LogP contribution in [0.2, 0.25) is 0 Å². The minimum absolute atomic E-state index is 0.112. The van der Waals surface area contributed by atoms with Crippen LogP contribution in [0.3, 0.4) is 0 Å². The van der Waals surface area contributed by atoms with E-state index in [1.54, 1.807) is 39.0 Å². The minimum Gasteiger partial charge on any atom is -0.443 e. The Balaban J connectivity index is 1.91. The fourth-order valence-corrected chi connectivity index (χ4v) is 4.20. The van der Waals surface area contributed by atoms with Gasteiger partial charge in [0.25, 0.3) is 0 Å². The van der Waals surface area contributed by atoms with Crippen LogP contribution in [0.4, 0.5) is 36.8 Å². The summed E-state index contributed by atoms with van der Waals surface area (Å²) >= 11 is 3.39. The molecule has 1 unspecified atom stereocenters. The van der Waals surface area contributed by atoms with Crippen molar-refractivity contribution in [3.05, 3.63) is 63.1 Å². The second-order valence-electron chi connectivity index (χ2n) is 9.32. The van der Waals surface area contributed by atoms with E-state index in [9.17, 15) is 31.1 Å². The molecule has 1 heterocycles. The Bertz CT molecular complexity index is 1050. The van der Waals surface area contributed by atoms with Gasteiger partial charge in [-0.3, -0.25) is 4.90 Å². The standard InChI is InChI=1S/C24H25BrF6N2O2/c1-22(2,3)35-21(34)33-8-4-5-19(18-7-6-17(25)12-20(18)33)32-13-14-9-15(23(26,27)28)11-16(10-14)24(29,30)31/h6-7,9-12,19,32H,4-5,8,13H2,1-3H3. The number of hydrogen-bond donors (Lipinski definition) is 1. The lowest BCUT2D eigenvalue weighted by Gasteiger charge is -2.28. The summed E-state index contributed by atoms with van der Waals surface area (Å²) in [7, 11) is 0. The largest absolute Gasteiger partial charge is 0.443 e. The van der Waals surface area contributed by atoms with Gasteiger partial charge in [-0.05, 0) is 75.1 Å². The number of amides is 1. The van der Waals surface area contributed by atoms with Crippen LogP contribution < -0.4 is 10.2 Å². The summed E-state index contributed by atoms with van der Waals surface area (Å²) < 4.78 is 85.5. The van der Waals surface area contributed by atoms with Crippen molar-refractivity contribution in [3.8, 4) is 0 Å². The van der Waals surface area contributed by atoms with Crippen LogP contribution in [-0.4, -0.2) is 18.2 Å². The molecule has 1 N–H and O–H groups in total. The Morgan fingerprint density at radius 1 is 1.03 bits per heavy atom. The minimum atomic E-state index is -4.91. The van der Waals surface area contributed by atoms with Crippen molar-refractivity contribution in [1.82, 2.24) is 5.32 Å². The molecular weight excluding hydrogens is 542 g/mol. The van der Waals surface area contributed by atoms with Crippen molar-refractivity contribution in [2.75, 3.05) is 11.4 Å². The van der Waals surface area contributed by atoms with Crippen molar-refractivity contribution in [2.45, 2.75) is 64.2 Å². The van der Waals surface area contributed by atoms with Gasteiger partial charge in [0, 0.05) is 23.6 Å². The van der Waals surface area contributed by atoms with Gasteiger partial charge >= 0.3 is 18.4 Å². The number of ether oxygens (including phenoxy) is 1. The van der Waals surface area contributed by atoms with Gasteiger partial charge in [-0.2, -0.15) is 26.3 Å². The van der Waals surface area contributed by atoms with Gasteiger partial charge < -0.3 is 10.1 Å². The van der Waals surface area contributed by atoms with Gasteiger partial charge in [0.2, 0.25) is 0 Å². The van der Waals surface area contributed by atoms with Crippen LogP contribution in [0.5, 0.6) is 0 Å². The molecule has 0 aliphatic carbocycles. The average molecular weight is 567 g/mol. The summed E-state index contributed by atoms with van der Waals surface area (Å²) in [6.07, 6.45) is -9.31. The molecule has 192 valence electrons. The van der Waals surface area contributed by atoms with Crippen molar-refractivity contribution < 1.29 is 35.9 Å². The van der Waals surface area contributed by atoms with E-state index in [2.05, 4.69) is 21.2 Å². The van der Waals surface area contributed by atoms with Crippen LogP contribution in [0.15, 0.2) is 40.9 Å². The van der Waals surface area contributed by atoms with E-state index in [1.807, 2.05) is 0 Å². The van der Waals surface area contributed by atoms with Gasteiger partial charge in [0.15, 0.2) is 0 Å². The second-order valence-corrected chi connectivity index (χ2v) is 10.2. The van der Waals surface area contributed by atoms with E-state index in [0.717, 1.165) is 0 Å². The van der Waals surface area contributed by atoms with Crippen LogP contribution in [0, 0.1) is 0 Å². The number of halogens is 7. The number of benzene rings is 2. The highest BCUT2D eigenvalue weighted by Crippen LogP contribution is 2.38. The summed E-state index contributed by atoms with van der Waals surface area (Å²) in [5.74, 6) is 0. The zero-order chi connectivity index (χ0) is 26.2. The third kappa shape index (κ3) is 7.13. The van der Waals surface area contributed by atoms with Crippen molar-refractivity contribution in [3.63, 3.8) is 0 Å². The van der Waals surface area contributed by atoms with Crippen LogP contribution in [0.25, 0.3) is 0 Å². The molecule has 1 atom stereocenters. The highest BCUT2D eigenvalue weighted by molar-refractivity contribution is 9.10. The number of rotatable bonds is 3. The van der Waals surface area contributed by atoms with E-state index in [0.29, 0.717) is 47.2 Å². The van der Waals surface area contributed by atoms with Gasteiger partial charge in [0.05, 0.1) is 16.8 Å². The SMILES string of the molecule is CC(C)(C)OC(=O)N1CCCC(NCc2cc(C(F)(F)F)cc(C(F)(F)F)c2)c2ccc(Br)cc21. The lowest BCUT2D eigenvalue weighted by atomic mass is 10.00. The molecule has 0 saturated heterocycles.